The molecule has 10 heavy (non-hydrogen) atoms. The van der Waals surface area contributed by atoms with Crippen LogP contribution in [0.15, 0.2) is 4.99 Å². The number of hydrogen-bond donors (Lipinski definition) is 0. The van der Waals surface area contributed by atoms with Gasteiger partial charge in [0.1, 0.15) is 0 Å². The van der Waals surface area contributed by atoms with Crippen molar-refractivity contribution in [2.24, 2.45) is 4.99 Å². The fourth-order valence-corrected chi connectivity index (χ4v) is 1.23. The first-order valence-electron chi connectivity index (χ1n) is 4.09. The molecule has 0 atom stereocenters. The van der Waals surface area contributed by atoms with Gasteiger partial charge >= 0.3 is 0 Å². The van der Waals surface area contributed by atoms with Crippen molar-refractivity contribution < 1.29 is 0 Å². The summed E-state index contributed by atoms with van der Waals surface area (Å²) in [5, 5.41) is 0. The topological polar surface area (TPSA) is 15.6 Å². The molecule has 2 heteroatoms. The third-order valence-corrected chi connectivity index (χ3v) is 1.85. The minimum atomic E-state index is 1.000. The van der Waals surface area contributed by atoms with Crippen molar-refractivity contribution in [1.29, 1.82) is 0 Å². The molecule has 0 aromatic heterocycles. The molecule has 0 aliphatic carbocycles. The second-order valence-corrected chi connectivity index (χ2v) is 2.82. The molecule has 1 aliphatic heterocycles. The van der Waals surface area contributed by atoms with Crippen LogP contribution in [0.5, 0.6) is 0 Å². The number of likely N-dealkylation sites (tertiary alicyclic amines) is 1. The summed E-state index contributed by atoms with van der Waals surface area (Å²) >= 11 is 0. The van der Waals surface area contributed by atoms with Crippen LogP contribution in [0, 0.1) is 0 Å². The Morgan fingerprint density at radius 1 is 1.60 bits per heavy atom. The number of nitrogens with zero attached hydrogens (tertiary/aromatic N) is 2. The first kappa shape index (κ1) is 7.58. The molecule has 58 valence electrons. The van der Waals surface area contributed by atoms with Crippen LogP contribution in [0.4, 0.5) is 0 Å². The van der Waals surface area contributed by atoms with E-state index in [-0.39, 0.29) is 0 Å². The normalized spacial score (nSPS) is 22.6. The van der Waals surface area contributed by atoms with E-state index in [2.05, 4.69) is 23.9 Å². The zero-order chi connectivity index (χ0) is 7.40. The van der Waals surface area contributed by atoms with Gasteiger partial charge in [-0.05, 0) is 12.8 Å². The van der Waals surface area contributed by atoms with Gasteiger partial charge in [-0.15, -0.1) is 0 Å². The van der Waals surface area contributed by atoms with E-state index in [0.29, 0.717) is 0 Å². The van der Waals surface area contributed by atoms with E-state index in [9.17, 15) is 0 Å². The molecular weight excluding hydrogens is 124 g/mol. The average molecular weight is 140 g/mol. The van der Waals surface area contributed by atoms with Gasteiger partial charge in [0.2, 0.25) is 0 Å². The highest BCUT2D eigenvalue weighted by atomic mass is 15.2. The second kappa shape index (κ2) is 3.59. The molecular formula is C8H16N2. The Hall–Kier alpha value is -0.530. The van der Waals surface area contributed by atoms with Gasteiger partial charge in [0.25, 0.3) is 0 Å². The van der Waals surface area contributed by atoms with Crippen molar-refractivity contribution in [3.63, 3.8) is 0 Å². The Morgan fingerprint density at radius 3 is 2.90 bits per heavy atom. The molecule has 1 heterocycles. The Kier molecular flexibility index (Phi) is 2.72. The summed E-state index contributed by atoms with van der Waals surface area (Å²) in [6, 6.07) is 0. The smallest absolute Gasteiger partial charge is 0.0986 e. The predicted molar refractivity (Wildman–Crippen MR) is 44.5 cm³/mol. The van der Waals surface area contributed by atoms with Crippen molar-refractivity contribution in [1.82, 2.24) is 4.90 Å². The third-order valence-electron chi connectivity index (χ3n) is 1.85. The number of aliphatic imine (C=N–C) groups is 1. The Labute approximate surface area is 62.9 Å². The summed E-state index contributed by atoms with van der Waals surface area (Å²) in [6.07, 6.45) is 3.65. The van der Waals surface area contributed by atoms with Crippen LogP contribution in [0.2, 0.25) is 0 Å². The Morgan fingerprint density at radius 2 is 2.40 bits per heavy atom. The Bertz CT molecular complexity index is 129. The lowest BCUT2D eigenvalue weighted by molar-refractivity contribution is 0.547. The van der Waals surface area contributed by atoms with Gasteiger partial charge in [-0.2, -0.15) is 0 Å². The van der Waals surface area contributed by atoms with Gasteiger partial charge in [-0.3, -0.25) is 4.99 Å². The van der Waals surface area contributed by atoms with E-state index < -0.39 is 0 Å². The molecule has 1 rings (SSSR count). The van der Waals surface area contributed by atoms with Crippen LogP contribution in [0.1, 0.15) is 26.2 Å². The molecule has 0 amide bonds. The molecule has 0 radical (unpaired) electrons. The SMILES string of the molecule is CCC/N=C1/CCCN1C. The second-order valence-electron chi connectivity index (χ2n) is 2.82. The van der Waals surface area contributed by atoms with Gasteiger partial charge in [0.15, 0.2) is 0 Å². The molecule has 0 saturated carbocycles. The summed E-state index contributed by atoms with van der Waals surface area (Å²) in [4.78, 5) is 6.72. The van der Waals surface area contributed by atoms with E-state index in [1.165, 1.54) is 25.2 Å². The van der Waals surface area contributed by atoms with Gasteiger partial charge in [-0.25, -0.2) is 0 Å². The van der Waals surface area contributed by atoms with Crippen molar-refractivity contribution in [2.75, 3.05) is 20.1 Å². The zero-order valence-corrected chi connectivity index (χ0v) is 6.93. The molecule has 0 N–H and O–H groups in total. The minimum Gasteiger partial charge on any atom is -0.363 e. The van der Waals surface area contributed by atoms with Crippen LogP contribution in [-0.2, 0) is 0 Å². The largest absolute Gasteiger partial charge is 0.363 e. The van der Waals surface area contributed by atoms with Crippen molar-refractivity contribution >= 4 is 5.84 Å². The van der Waals surface area contributed by atoms with E-state index in [4.69, 9.17) is 0 Å². The maximum absolute atomic E-state index is 4.47. The van der Waals surface area contributed by atoms with Gasteiger partial charge in [-0.1, -0.05) is 6.92 Å². The highest BCUT2D eigenvalue weighted by Crippen LogP contribution is 2.08. The first-order valence-corrected chi connectivity index (χ1v) is 4.09. The van der Waals surface area contributed by atoms with E-state index >= 15 is 0 Å². The maximum atomic E-state index is 4.47. The van der Waals surface area contributed by atoms with Gasteiger partial charge in [0, 0.05) is 26.6 Å². The standard InChI is InChI=1S/C8H16N2/c1-3-6-9-8-5-4-7-10(8)2/h3-7H2,1-2H3/b9-8-. The molecule has 1 fully saturated rings. The summed E-state index contributed by atoms with van der Waals surface area (Å²) < 4.78 is 0. The van der Waals surface area contributed by atoms with Crippen LogP contribution < -0.4 is 0 Å². The summed E-state index contributed by atoms with van der Waals surface area (Å²) in [5.74, 6) is 1.31. The highest BCUT2D eigenvalue weighted by Gasteiger charge is 2.12. The number of rotatable bonds is 2. The lowest BCUT2D eigenvalue weighted by Crippen LogP contribution is -2.19. The highest BCUT2D eigenvalue weighted by molar-refractivity contribution is 5.83. The fourth-order valence-electron chi connectivity index (χ4n) is 1.23. The number of hydrogen-bond acceptors (Lipinski definition) is 1. The van der Waals surface area contributed by atoms with Crippen LogP contribution in [-0.4, -0.2) is 30.9 Å². The van der Waals surface area contributed by atoms with Gasteiger partial charge in [0.05, 0.1) is 5.84 Å². The lowest BCUT2D eigenvalue weighted by atomic mass is 10.4. The molecule has 0 spiro atoms. The summed E-state index contributed by atoms with van der Waals surface area (Å²) in [5.41, 5.74) is 0. The van der Waals surface area contributed by atoms with Crippen LogP contribution >= 0.6 is 0 Å². The predicted octanol–water partition coefficient (Wildman–Crippen LogP) is 1.52. The Balaban J connectivity index is 2.38. The molecule has 1 aliphatic rings. The molecule has 0 aromatic carbocycles. The summed E-state index contributed by atoms with van der Waals surface area (Å²) in [7, 11) is 2.13. The van der Waals surface area contributed by atoms with Gasteiger partial charge < -0.3 is 4.90 Å². The van der Waals surface area contributed by atoms with Crippen LogP contribution in [0.25, 0.3) is 0 Å². The van der Waals surface area contributed by atoms with E-state index in [1.807, 2.05) is 0 Å². The monoisotopic (exact) mass is 140 g/mol. The quantitative estimate of drug-likeness (QED) is 0.568. The molecule has 0 bridgehead atoms. The molecule has 2 nitrogen and oxygen atoms in total. The first-order chi connectivity index (χ1) is 4.84. The zero-order valence-electron chi connectivity index (χ0n) is 6.93. The van der Waals surface area contributed by atoms with E-state index in [1.54, 1.807) is 0 Å². The maximum Gasteiger partial charge on any atom is 0.0986 e. The van der Waals surface area contributed by atoms with Crippen molar-refractivity contribution in [2.45, 2.75) is 26.2 Å². The average Bonchev–Trinajstić information content (AvgIpc) is 2.31. The summed E-state index contributed by atoms with van der Waals surface area (Å²) in [6.45, 7) is 4.36. The molecule has 1 saturated heterocycles. The molecule has 0 aromatic rings. The molecule has 0 unspecified atom stereocenters. The fraction of sp³-hybridized carbons (Fsp3) is 0.875. The third kappa shape index (κ3) is 1.72. The van der Waals surface area contributed by atoms with Crippen molar-refractivity contribution in [3.8, 4) is 0 Å². The number of amidine groups is 1. The van der Waals surface area contributed by atoms with E-state index in [0.717, 1.165) is 13.0 Å². The van der Waals surface area contributed by atoms with Crippen LogP contribution in [0.3, 0.4) is 0 Å². The lowest BCUT2D eigenvalue weighted by Gasteiger charge is -2.10. The minimum absolute atomic E-state index is 1.000. The van der Waals surface area contributed by atoms with Crippen molar-refractivity contribution in [3.05, 3.63) is 0 Å².